The Morgan fingerprint density at radius 2 is 2.00 bits per heavy atom. The third-order valence-corrected chi connectivity index (χ3v) is 4.89. The van der Waals surface area contributed by atoms with Gasteiger partial charge in [-0.3, -0.25) is 4.98 Å². The summed E-state index contributed by atoms with van der Waals surface area (Å²) in [6, 6.07) is 6.21. The molecule has 1 aromatic heterocycles. The van der Waals surface area contributed by atoms with E-state index < -0.39 is 0 Å². The lowest BCUT2D eigenvalue weighted by Gasteiger charge is -2.25. The minimum atomic E-state index is 0.787. The van der Waals surface area contributed by atoms with Gasteiger partial charge in [-0.25, -0.2) is 0 Å². The summed E-state index contributed by atoms with van der Waals surface area (Å²) in [6.07, 6.45) is 7.67. The van der Waals surface area contributed by atoms with Crippen molar-refractivity contribution in [2.24, 2.45) is 11.8 Å². The van der Waals surface area contributed by atoms with Crippen molar-refractivity contribution in [1.82, 2.24) is 4.98 Å². The number of nitrogen functional groups attached to an aromatic ring is 1. The van der Waals surface area contributed by atoms with Gasteiger partial charge in [0.05, 0.1) is 0 Å². The normalized spacial score (nSPS) is 20.0. The predicted molar refractivity (Wildman–Crippen MR) is 90.5 cm³/mol. The van der Waals surface area contributed by atoms with E-state index in [0.717, 1.165) is 36.0 Å². The molecular formula is C18H25N3. The number of benzene rings is 1. The molecule has 1 aliphatic heterocycles. The number of nitrogens with zero attached hydrogens (tertiary/aromatic N) is 2. The number of fused-ring (bicyclic) bond motifs is 1. The fraction of sp³-hybridized carbons (Fsp3) is 0.500. The van der Waals surface area contributed by atoms with Gasteiger partial charge in [-0.15, -0.1) is 0 Å². The van der Waals surface area contributed by atoms with Gasteiger partial charge in [0.1, 0.15) is 0 Å². The molecule has 112 valence electrons. The van der Waals surface area contributed by atoms with Crippen molar-refractivity contribution in [2.75, 3.05) is 23.7 Å². The van der Waals surface area contributed by atoms with Crippen molar-refractivity contribution in [3.63, 3.8) is 0 Å². The molecule has 2 aromatic rings. The maximum Gasteiger partial charge on any atom is 0.0463 e. The first-order valence-corrected chi connectivity index (χ1v) is 8.04. The molecule has 1 aliphatic rings. The van der Waals surface area contributed by atoms with Crippen molar-refractivity contribution in [3.05, 3.63) is 30.6 Å². The second kappa shape index (κ2) is 5.92. The minimum absolute atomic E-state index is 0.787. The standard InChI is InChI=1S/C18H25N3/c1-13(2)14-4-3-10-21(11-8-14)18-6-5-17(19)15-7-9-20-12-16(15)18/h5-7,9,12-14H,3-4,8,10-11,19H2,1-2H3. The third-order valence-electron chi connectivity index (χ3n) is 4.89. The Morgan fingerprint density at radius 3 is 2.81 bits per heavy atom. The summed E-state index contributed by atoms with van der Waals surface area (Å²) in [5.74, 6) is 1.64. The molecule has 3 heteroatoms. The van der Waals surface area contributed by atoms with Gasteiger partial charge >= 0.3 is 0 Å². The SMILES string of the molecule is CC(C)C1CCCN(c2ccc(N)c3ccncc23)CC1. The highest BCUT2D eigenvalue weighted by Crippen LogP contribution is 2.33. The number of anilines is 2. The molecule has 3 rings (SSSR count). The van der Waals surface area contributed by atoms with Crippen molar-refractivity contribution < 1.29 is 0 Å². The quantitative estimate of drug-likeness (QED) is 0.844. The summed E-state index contributed by atoms with van der Waals surface area (Å²) in [5, 5.41) is 2.30. The Hall–Kier alpha value is -1.77. The van der Waals surface area contributed by atoms with E-state index in [1.54, 1.807) is 0 Å². The fourth-order valence-corrected chi connectivity index (χ4v) is 3.50. The Bertz CT molecular complexity index is 621. The zero-order chi connectivity index (χ0) is 14.8. The molecular weight excluding hydrogens is 258 g/mol. The highest BCUT2D eigenvalue weighted by Gasteiger charge is 2.20. The largest absolute Gasteiger partial charge is 0.398 e. The molecule has 0 aliphatic carbocycles. The summed E-state index contributed by atoms with van der Waals surface area (Å²) in [4.78, 5) is 6.81. The Kier molecular flexibility index (Phi) is 4.00. The van der Waals surface area contributed by atoms with Crippen LogP contribution in [0.1, 0.15) is 33.1 Å². The number of rotatable bonds is 2. The van der Waals surface area contributed by atoms with Crippen LogP contribution in [-0.2, 0) is 0 Å². The molecule has 21 heavy (non-hydrogen) atoms. The van der Waals surface area contributed by atoms with E-state index >= 15 is 0 Å². The van der Waals surface area contributed by atoms with E-state index in [4.69, 9.17) is 5.73 Å². The third kappa shape index (κ3) is 2.82. The van der Waals surface area contributed by atoms with E-state index in [2.05, 4.69) is 29.8 Å². The van der Waals surface area contributed by atoms with E-state index in [1.165, 1.54) is 30.3 Å². The van der Waals surface area contributed by atoms with Crippen LogP contribution in [0, 0.1) is 11.8 Å². The van der Waals surface area contributed by atoms with Crippen LogP contribution in [0.15, 0.2) is 30.6 Å². The van der Waals surface area contributed by atoms with Crippen LogP contribution in [0.25, 0.3) is 10.8 Å². The van der Waals surface area contributed by atoms with E-state index in [1.807, 2.05) is 24.5 Å². The van der Waals surface area contributed by atoms with Crippen LogP contribution in [0.3, 0.4) is 0 Å². The summed E-state index contributed by atoms with van der Waals surface area (Å²) in [5.41, 5.74) is 8.23. The smallest absolute Gasteiger partial charge is 0.0463 e. The number of nitrogens with two attached hydrogens (primary N) is 1. The van der Waals surface area contributed by atoms with Crippen molar-refractivity contribution in [1.29, 1.82) is 0 Å². The first-order chi connectivity index (χ1) is 10.2. The van der Waals surface area contributed by atoms with Crippen LogP contribution in [0.2, 0.25) is 0 Å². The average molecular weight is 283 g/mol. The number of hydrogen-bond acceptors (Lipinski definition) is 3. The van der Waals surface area contributed by atoms with E-state index in [0.29, 0.717) is 0 Å². The lowest BCUT2D eigenvalue weighted by molar-refractivity contribution is 0.351. The van der Waals surface area contributed by atoms with Crippen LogP contribution >= 0.6 is 0 Å². The molecule has 2 heterocycles. The van der Waals surface area contributed by atoms with Crippen molar-refractivity contribution >= 4 is 22.1 Å². The zero-order valence-electron chi connectivity index (χ0n) is 13.0. The molecule has 0 spiro atoms. The van der Waals surface area contributed by atoms with Gasteiger partial charge in [-0.1, -0.05) is 13.8 Å². The minimum Gasteiger partial charge on any atom is -0.398 e. The lowest BCUT2D eigenvalue weighted by Crippen LogP contribution is -2.24. The highest BCUT2D eigenvalue weighted by atomic mass is 15.1. The first-order valence-electron chi connectivity index (χ1n) is 8.04. The zero-order valence-corrected chi connectivity index (χ0v) is 13.0. The van der Waals surface area contributed by atoms with Gasteiger partial charge in [-0.05, 0) is 49.3 Å². The summed E-state index contributed by atoms with van der Waals surface area (Å²) in [6.45, 7) is 6.97. The molecule has 1 unspecified atom stereocenters. The maximum atomic E-state index is 6.10. The Labute approximate surface area is 127 Å². The van der Waals surface area contributed by atoms with Gasteiger partial charge in [0.2, 0.25) is 0 Å². The van der Waals surface area contributed by atoms with Gasteiger partial charge in [0, 0.05) is 47.6 Å². The first kappa shape index (κ1) is 14.2. The highest BCUT2D eigenvalue weighted by molar-refractivity contribution is 6.00. The molecule has 1 fully saturated rings. The predicted octanol–water partition coefficient (Wildman–Crippen LogP) is 4.08. The molecule has 1 saturated heterocycles. The fourth-order valence-electron chi connectivity index (χ4n) is 3.50. The average Bonchev–Trinajstić information content (AvgIpc) is 2.74. The molecule has 0 amide bonds. The lowest BCUT2D eigenvalue weighted by atomic mass is 9.89. The van der Waals surface area contributed by atoms with Crippen LogP contribution < -0.4 is 10.6 Å². The molecule has 1 aromatic carbocycles. The van der Waals surface area contributed by atoms with Crippen LogP contribution in [-0.4, -0.2) is 18.1 Å². The van der Waals surface area contributed by atoms with Gasteiger partial charge in [-0.2, -0.15) is 0 Å². The van der Waals surface area contributed by atoms with Crippen molar-refractivity contribution in [3.8, 4) is 0 Å². The number of hydrogen-bond donors (Lipinski definition) is 1. The van der Waals surface area contributed by atoms with Gasteiger partial charge in [0.15, 0.2) is 0 Å². The number of pyridine rings is 1. The maximum absolute atomic E-state index is 6.10. The van der Waals surface area contributed by atoms with E-state index in [9.17, 15) is 0 Å². The van der Waals surface area contributed by atoms with Gasteiger partial charge in [0.25, 0.3) is 0 Å². The molecule has 0 bridgehead atoms. The van der Waals surface area contributed by atoms with Crippen molar-refractivity contribution in [2.45, 2.75) is 33.1 Å². The van der Waals surface area contributed by atoms with Gasteiger partial charge < -0.3 is 10.6 Å². The topological polar surface area (TPSA) is 42.1 Å². The summed E-state index contributed by atoms with van der Waals surface area (Å²) < 4.78 is 0. The Balaban J connectivity index is 1.92. The van der Waals surface area contributed by atoms with Crippen LogP contribution in [0.4, 0.5) is 11.4 Å². The molecule has 1 atom stereocenters. The summed E-state index contributed by atoms with van der Waals surface area (Å²) >= 11 is 0. The molecule has 3 nitrogen and oxygen atoms in total. The number of aromatic nitrogens is 1. The van der Waals surface area contributed by atoms with Crippen LogP contribution in [0.5, 0.6) is 0 Å². The molecule has 2 N–H and O–H groups in total. The summed E-state index contributed by atoms with van der Waals surface area (Å²) in [7, 11) is 0. The Morgan fingerprint density at radius 1 is 1.14 bits per heavy atom. The monoisotopic (exact) mass is 283 g/mol. The second-order valence-corrected chi connectivity index (χ2v) is 6.52. The molecule has 0 saturated carbocycles. The molecule has 0 radical (unpaired) electrons. The van der Waals surface area contributed by atoms with E-state index in [-0.39, 0.29) is 0 Å². The second-order valence-electron chi connectivity index (χ2n) is 6.52.